The molecule has 2 unspecified atom stereocenters. The lowest BCUT2D eigenvalue weighted by molar-refractivity contribution is 0.265. The van der Waals surface area contributed by atoms with Gasteiger partial charge < -0.3 is 20.5 Å². The molecule has 0 aliphatic carbocycles. The van der Waals surface area contributed by atoms with Crippen molar-refractivity contribution in [3.8, 4) is 11.5 Å². The van der Waals surface area contributed by atoms with Crippen LogP contribution in [0.2, 0.25) is 0 Å². The molecule has 2 rings (SSSR count). The Hall–Kier alpha value is -1.22. The number of hydrogen-bond acceptors (Lipinski definition) is 4. The van der Waals surface area contributed by atoms with E-state index in [1.54, 1.807) is 13.2 Å². The van der Waals surface area contributed by atoms with Gasteiger partial charge in [-0.05, 0) is 32.8 Å². The molecule has 26 heavy (non-hydrogen) atoms. The molecule has 1 saturated heterocycles. The van der Waals surface area contributed by atoms with E-state index in [-0.39, 0.29) is 29.7 Å². The molecule has 148 valence electrons. The molecule has 1 fully saturated rings. The van der Waals surface area contributed by atoms with Gasteiger partial charge in [-0.15, -0.1) is 24.0 Å². The topological polar surface area (TPSA) is 69.1 Å². The van der Waals surface area contributed by atoms with Gasteiger partial charge in [0.05, 0.1) is 13.7 Å². The fourth-order valence-corrected chi connectivity index (χ4v) is 3.13. The zero-order valence-corrected chi connectivity index (χ0v) is 18.8. The average molecular weight is 476 g/mol. The minimum absolute atomic E-state index is 0. The van der Waals surface area contributed by atoms with E-state index in [1.807, 2.05) is 12.1 Å². The van der Waals surface area contributed by atoms with E-state index < -0.39 is 0 Å². The molecule has 0 radical (unpaired) electrons. The fourth-order valence-electron chi connectivity index (χ4n) is 3.13. The highest BCUT2D eigenvalue weighted by Crippen LogP contribution is 2.29. The summed E-state index contributed by atoms with van der Waals surface area (Å²) in [7, 11) is 1.55. The van der Waals surface area contributed by atoms with E-state index in [1.165, 1.54) is 0 Å². The van der Waals surface area contributed by atoms with Crippen molar-refractivity contribution in [1.82, 2.24) is 15.5 Å². The smallest absolute Gasteiger partial charge is 0.191 e. The van der Waals surface area contributed by atoms with Crippen LogP contribution in [0.5, 0.6) is 11.5 Å². The number of ether oxygens (including phenoxy) is 1. The van der Waals surface area contributed by atoms with Crippen molar-refractivity contribution in [2.75, 3.05) is 26.7 Å². The van der Waals surface area contributed by atoms with Gasteiger partial charge in [0.2, 0.25) is 0 Å². The largest absolute Gasteiger partial charge is 0.504 e. The van der Waals surface area contributed by atoms with Gasteiger partial charge in [-0.2, -0.15) is 0 Å². The monoisotopic (exact) mass is 476 g/mol. The molecule has 0 bridgehead atoms. The lowest BCUT2D eigenvalue weighted by atomic mass is 10.1. The molecular formula is C19H33IN4O2. The van der Waals surface area contributed by atoms with Crippen LogP contribution >= 0.6 is 24.0 Å². The minimum atomic E-state index is 0. The number of aliphatic imine (C=N–C) groups is 1. The van der Waals surface area contributed by atoms with Crippen molar-refractivity contribution in [1.29, 1.82) is 0 Å². The number of guanidine groups is 1. The predicted octanol–water partition coefficient (Wildman–Crippen LogP) is 2.80. The summed E-state index contributed by atoms with van der Waals surface area (Å²) in [5.41, 5.74) is 0.750. The van der Waals surface area contributed by atoms with Crippen molar-refractivity contribution >= 4 is 29.9 Å². The fraction of sp³-hybridized carbons (Fsp3) is 0.632. The molecule has 1 heterocycles. The molecule has 1 aliphatic heterocycles. The number of rotatable bonds is 6. The Bertz CT molecular complexity index is 595. The molecule has 0 spiro atoms. The number of hydrogen-bond donors (Lipinski definition) is 3. The standard InChI is InChI=1S/C19H32N4O2.HI/c1-6-20-19(22-16-12-23(13(2)3)11-14(16)4)21-10-15-8-7-9-17(25-5)18(15)24;/h7-9,13-14,16,24H,6,10-12H2,1-5H3,(H2,20,21,22);1H. The van der Waals surface area contributed by atoms with Crippen LogP contribution in [0.25, 0.3) is 0 Å². The molecule has 7 heteroatoms. The maximum Gasteiger partial charge on any atom is 0.191 e. The number of phenols is 1. The summed E-state index contributed by atoms with van der Waals surface area (Å²) in [4.78, 5) is 7.13. The van der Waals surface area contributed by atoms with Gasteiger partial charge in [-0.3, -0.25) is 4.90 Å². The first kappa shape index (κ1) is 22.8. The number of nitrogens with zero attached hydrogens (tertiary/aromatic N) is 2. The minimum Gasteiger partial charge on any atom is -0.504 e. The van der Waals surface area contributed by atoms with Crippen molar-refractivity contribution < 1.29 is 9.84 Å². The normalized spacial score (nSPS) is 20.8. The molecular weight excluding hydrogens is 443 g/mol. The summed E-state index contributed by atoms with van der Waals surface area (Å²) in [6, 6.07) is 6.40. The van der Waals surface area contributed by atoms with Gasteiger partial charge in [-0.25, -0.2) is 4.99 Å². The Morgan fingerprint density at radius 3 is 2.69 bits per heavy atom. The summed E-state index contributed by atoms with van der Waals surface area (Å²) in [5, 5.41) is 17.1. The number of phenolic OH excluding ortho intramolecular Hbond substituents is 1. The summed E-state index contributed by atoms with van der Waals surface area (Å²) in [5.74, 6) is 1.98. The highest BCUT2D eigenvalue weighted by atomic mass is 127. The van der Waals surface area contributed by atoms with Gasteiger partial charge in [0.25, 0.3) is 0 Å². The highest BCUT2D eigenvalue weighted by molar-refractivity contribution is 14.0. The summed E-state index contributed by atoms with van der Waals surface area (Å²) in [6.07, 6.45) is 0. The average Bonchev–Trinajstić information content (AvgIpc) is 2.95. The van der Waals surface area contributed by atoms with Crippen molar-refractivity contribution in [3.63, 3.8) is 0 Å². The van der Waals surface area contributed by atoms with Crippen molar-refractivity contribution in [2.45, 2.75) is 46.3 Å². The predicted molar refractivity (Wildman–Crippen MR) is 118 cm³/mol. The number of aromatic hydroxyl groups is 1. The van der Waals surface area contributed by atoms with Crippen LogP contribution in [0.4, 0.5) is 0 Å². The molecule has 0 saturated carbocycles. The Labute approximate surface area is 174 Å². The number of methoxy groups -OCH3 is 1. The molecule has 1 aliphatic rings. The van der Waals surface area contributed by atoms with Crippen LogP contribution in [0.15, 0.2) is 23.2 Å². The number of halogens is 1. The Balaban J connectivity index is 0.00000338. The summed E-state index contributed by atoms with van der Waals surface area (Å²) in [6.45, 7) is 12.1. The number of nitrogens with one attached hydrogen (secondary N) is 2. The van der Waals surface area contributed by atoms with Crippen molar-refractivity contribution in [2.24, 2.45) is 10.9 Å². The van der Waals surface area contributed by atoms with E-state index in [2.05, 4.69) is 48.2 Å². The maximum atomic E-state index is 10.2. The third-order valence-corrected chi connectivity index (χ3v) is 4.75. The zero-order chi connectivity index (χ0) is 18.4. The molecule has 0 amide bonds. The molecule has 1 aromatic carbocycles. The second-order valence-electron chi connectivity index (χ2n) is 6.94. The summed E-state index contributed by atoms with van der Waals surface area (Å²) >= 11 is 0. The van der Waals surface area contributed by atoms with Crippen LogP contribution in [0.3, 0.4) is 0 Å². The zero-order valence-electron chi connectivity index (χ0n) is 16.5. The van der Waals surface area contributed by atoms with E-state index in [0.717, 1.165) is 31.2 Å². The molecule has 2 atom stereocenters. The third kappa shape index (κ3) is 5.90. The Morgan fingerprint density at radius 2 is 2.12 bits per heavy atom. The third-order valence-electron chi connectivity index (χ3n) is 4.75. The number of benzene rings is 1. The lowest BCUT2D eigenvalue weighted by Crippen LogP contribution is -2.46. The maximum absolute atomic E-state index is 10.2. The highest BCUT2D eigenvalue weighted by Gasteiger charge is 2.31. The van der Waals surface area contributed by atoms with E-state index in [9.17, 15) is 5.11 Å². The van der Waals surface area contributed by atoms with E-state index >= 15 is 0 Å². The van der Waals surface area contributed by atoms with Crippen LogP contribution in [-0.2, 0) is 6.54 Å². The van der Waals surface area contributed by atoms with Gasteiger partial charge >= 0.3 is 0 Å². The van der Waals surface area contributed by atoms with Gasteiger partial charge in [0.15, 0.2) is 17.5 Å². The molecule has 1 aromatic rings. The second kappa shape index (κ2) is 10.8. The lowest BCUT2D eigenvalue weighted by Gasteiger charge is -2.22. The second-order valence-corrected chi connectivity index (χ2v) is 6.94. The molecule has 0 aromatic heterocycles. The van der Waals surface area contributed by atoms with E-state index in [4.69, 9.17) is 4.74 Å². The van der Waals surface area contributed by atoms with E-state index in [0.29, 0.717) is 30.3 Å². The van der Waals surface area contributed by atoms with Crippen molar-refractivity contribution in [3.05, 3.63) is 23.8 Å². The quantitative estimate of drug-likeness (QED) is 0.335. The van der Waals surface area contributed by atoms with Gasteiger partial charge in [0.1, 0.15) is 0 Å². The van der Waals surface area contributed by atoms with Gasteiger partial charge in [-0.1, -0.05) is 19.1 Å². The van der Waals surface area contributed by atoms with Crippen LogP contribution in [0.1, 0.15) is 33.3 Å². The molecule has 3 N–H and O–H groups in total. The van der Waals surface area contributed by atoms with Crippen LogP contribution < -0.4 is 15.4 Å². The first-order chi connectivity index (χ1) is 12.0. The SMILES string of the molecule is CCNC(=NCc1cccc(OC)c1O)NC1CN(C(C)C)CC1C.I. The molecule has 6 nitrogen and oxygen atoms in total. The Kier molecular flexibility index (Phi) is 9.49. The number of likely N-dealkylation sites (tertiary alicyclic amines) is 1. The first-order valence-electron chi connectivity index (χ1n) is 9.10. The Morgan fingerprint density at radius 1 is 1.38 bits per heavy atom. The van der Waals surface area contributed by atoms with Crippen LogP contribution in [0, 0.1) is 5.92 Å². The summed E-state index contributed by atoms with van der Waals surface area (Å²) < 4.78 is 5.16. The van der Waals surface area contributed by atoms with Gasteiger partial charge in [0, 0.05) is 37.3 Å². The van der Waals surface area contributed by atoms with Crippen LogP contribution in [-0.4, -0.2) is 54.8 Å². The first-order valence-corrected chi connectivity index (χ1v) is 9.10. The number of para-hydroxylation sites is 1.